The molecule has 0 saturated carbocycles. The van der Waals surface area contributed by atoms with E-state index >= 15 is 0 Å². The molecule has 9 heteroatoms. The number of hydrogen-bond acceptors (Lipinski definition) is 6. The van der Waals surface area contributed by atoms with Gasteiger partial charge in [0.25, 0.3) is 5.56 Å². The van der Waals surface area contributed by atoms with E-state index in [-0.39, 0.29) is 18.6 Å². The van der Waals surface area contributed by atoms with E-state index in [2.05, 4.69) is 0 Å². The molecule has 21 heavy (non-hydrogen) atoms. The summed E-state index contributed by atoms with van der Waals surface area (Å²) in [6.45, 7) is -0.308. The number of aliphatic hydroxyl groups excluding tert-OH is 2. The van der Waals surface area contributed by atoms with E-state index in [9.17, 15) is 19.5 Å². The van der Waals surface area contributed by atoms with E-state index in [1.54, 1.807) is 0 Å². The van der Waals surface area contributed by atoms with Crippen LogP contribution in [-0.2, 0) is 9.53 Å². The molecule has 1 saturated heterocycles. The molecule has 0 unspecified atom stereocenters. The zero-order chi connectivity index (χ0) is 15.6. The van der Waals surface area contributed by atoms with Crippen molar-refractivity contribution < 1.29 is 24.9 Å². The normalized spacial score (nSPS) is 25.5. The Kier molecular flexibility index (Phi) is 4.36. The number of aliphatic carboxylic acids is 1. The van der Waals surface area contributed by atoms with E-state index in [1.807, 2.05) is 4.98 Å². The molecular formula is C12H14N2O7. The lowest BCUT2D eigenvalue weighted by atomic mass is 10.2. The number of carboxylic acids is 1. The van der Waals surface area contributed by atoms with Crippen molar-refractivity contribution in [3.05, 3.63) is 38.7 Å². The van der Waals surface area contributed by atoms with Gasteiger partial charge in [-0.25, -0.2) is 9.59 Å². The van der Waals surface area contributed by atoms with Crippen LogP contribution in [0.2, 0.25) is 0 Å². The number of nitrogens with one attached hydrogen (secondary N) is 1. The highest BCUT2D eigenvalue weighted by atomic mass is 16.5. The van der Waals surface area contributed by atoms with Crippen LogP contribution in [-0.4, -0.2) is 49.7 Å². The van der Waals surface area contributed by atoms with Crippen molar-refractivity contribution in [1.29, 1.82) is 0 Å². The van der Waals surface area contributed by atoms with Crippen LogP contribution in [0.1, 0.15) is 18.2 Å². The topological polar surface area (TPSA) is 142 Å². The number of aliphatic hydroxyl groups is 2. The smallest absolute Gasteiger partial charge is 0.330 e. The first-order valence-corrected chi connectivity index (χ1v) is 6.13. The molecule has 2 heterocycles. The highest BCUT2D eigenvalue weighted by Gasteiger charge is 2.35. The SMILES string of the molecule is O=C(O)C=Cc1cn([C@@H]2O[C@H](CO)C[C@H]2O)c(=O)[nH]c1=O. The Hall–Kier alpha value is -2.23. The number of ether oxygens (including phenoxy) is 1. The fourth-order valence-corrected chi connectivity index (χ4v) is 2.07. The van der Waals surface area contributed by atoms with Gasteiger partial charge in [0.1, 0.15) is 6.10 Å². The van der Waals surface area contributed by atoms with Crippen molar-refractivity contribution in [1.82, 2.24) is 9.55 Å². The van der Waals surface area contributed by atoms with Crippen LogP contribution in [0.15, 0.2) is 21.9 Å². The van der Waals surface area contributed by atoms with Gasteiger partial charge in [-0.15, -0.1) is 0 Å². The first kappa shape index (κ1) is 15.2. The predicted octanol–water partition coefficient (Wildman–Crippen LogP) is -1.72. The van der Waals surface area contributed by atoms with Gasteiger partial charge in [0, 0.05) is 18.7 Å². The molecule has 1 aromatic rings. The molecule has 1 aliphatic rings. The zero-order valence-electron chi connectivity index (χ0n) is 10.8. The Morgan fingerprint density at radius 1 is 1.52 bits per heavy atom. The van der Waals surface area contributed by atoms with Gasteiger partial charge >= 0.3 is 11.7 Å². The van der Waals surface area contributed by atoms with E-state index in [4.69, 9.17) is 14.9 Å². The summed E-state index contributed by atoms with van der Waals surface area (Å²) >= 11 is 0. The Morgan fingerprint density at radius 2 is 2.24 bits per heavy atom. The van der Waals surface area contributed by atoms with Crippen LogP contribution in [0, 0.1) is 0 Å². The molecule has 1 aliphatic heterocycles. The highest BCUT2D eigenvalue weighted by molar-refractivity contribution is 5.85. The third-order valence-corrected chi connectivity index (χ3v) is 3.04. The fourth-order valence-electron chi connectivity index (χ4n) is 2.07. The number of hydrogen-bond donors (Lipinski definition) is 4. The van der Waals surface area contributed by atoms with Crippen LogP contribution in [0.5, 0.6) is 0 Å². The summed E-state index contributed by atoms with van der Waals surface area (Å²) in [6, 6.07) is 0. The molecule has 1 fully saturated rings. The van der Waals surface area contributed by atoms with Gasteiger partial charge < -0.3 is 20.1 Å². The number of aromatic amines is 1. The van der Waals surface area contributed by atoms with Crippen molar-refractivity contribution in [2.24, 2.45) is 0 Å². The van der Waals surface area contributed by atoms with Crippen LogP contribution >= 0.6 is 0 Å². The van der Waals surface area contributed by atoms with Crippen molar-refractivity contribution in [3.8, 4) is 0 Å². The maximum Gasteiger partial charge on any atom is 0.330 e. The molecule has 0 aliphatic carbocycles. The van der Waals surface area contributed by atoms with Crippen LogP contribution in [0.4, 0.5) is 0 Å². The third kappa shape index (κ3) is 3.27. The lowest BCUT2D eigenvalue weighted by Crippen LogP contribution is -2.36. The first-order valence-electron chi connectivity index (χ1n) is 6.13. The largest absolute Gasteiger partial charge is 0.478 e. The van der Waals surface area contributed by atoms with E-state index < -0.39 is 35.7 Å². The van der Waals surface area contributed by atoms with Gasteiger partial charge in [0.05, 0.1) is 18.3 Å². The van der Waals surface area contributed by atoms with Crippen molar-refractivity contribution in [2.75, 3.05) is 6.61 Å². The first-order chi connectivity index (χ1) is 9.92. The highest BCUT2D eigenvalue weighted by Crippen LogP contribution is 2.27. The fraction of sp³-hybridized carbons (Fsp3) is 0.417. The molecule has 4 N–H and O–H groups in total. The summed E-state index contributed by atoms with van der Waals surface area (Å²) in [5, 5.41) is 27.4. The van der Waals surface area contributed by atoms with Gasteiger partial charge in [0.2, 0.25) is 0 Å². The average Bonchev–Trinajstić information content (AvgIpc) is 2.79. The van der Waals surface area contributed by atoms with Gasteiger partial charge in [-0.1, -0.05) is 0 Å². The Balaban J connectivity index is 2.40. The second kappa shape index (κ2) is 6.04. The molecule has 0 radical (unpaired) electrons. The number of carbonyl (C=O) groups is 1. The predicted molar refractivity (Wildman–Crippen MR) is 69.6 cm³/mol. The molecule has 3 atom stereocenters. The molecular weight excluding hydrogens is 284 g/mol. The van der Waals surface area contributed by atoms with E-state index in [1.165, 1.54) is 0 Å². The number of nitrogens with zero attached hydrogens (tertiary/aromatic N) is 1. The Labute approximate surface area is 117 Å². The van der Waals surface area contributed by atoms with Crippen molar-refractivity contribution in [2.45, 2.75) is 24.9 Å². The van der Waals surface area contributed by atoms with Gasteiger partial charge in [-0.3, -0.25) is 14.3 Å². The molecule has 2 rings (SSSR count). The maximum absolute atomic E-state index is 11.8. The number of carboxylic acid groups (broad SMARTS) is 1. The van der Waals surface area contributed by atoms with Crippen LogP contribution in [0.3, 0.4) is 0 Å². The average molecular weight is 298 g/mol. The van der Waals surface area contributed by atoms with Crippen LogP contribution < -0.4 is 11.2 Å². The maximum atomic E-state index is 11.8. The van der Waals surface area contributed by atoms with Gasteiger partial charge in [0.15, 0.2) is 6.23 Å². The number of aromatic nitrogens is 2. The molecule has 0 aromatic carbocycles. The summed E-state index contributed by atoms with van der Waals surface area (Å²) in [4.78, 5) is 35.8. The second-order valence-corrected chi connectivity index (χ2v) is 4.56. The molecule has 0 amide bonds. The molecule has 0 bridgehead atoms. The molecule has 9 nitrogen and oxygen atoms in total. The number of rotatable bonds is 4. The third-order valence-electron chi connectivity index (χ3n) is 3.04. The summed E-state index contributed by atoms with van der Waals surface area (Å²) in [5.41, 5.74) is -1.62. The molecule has 0 spiro atoms. The second-order valence-electron chi connectivity index (χ2n) is 4.56. The quantitative estimate of drug-likeness (QED) is 0.484. The molecule has 1 aromatic heterocycles. The zero-order valence-corrected chi connectivity index (χ0v) is 10.8. The lowest BCUT2D eigenvalue weighted by Gasteiger charge is -2.17. The minimum absolute atomic E-state index is 0.0692. The standard InChI is InChI=1S/C12H14N2O7/c15-5-7-3-8(16)11(21-7)14-4-6(1-2-9(17)18)10(19)13-12(14)20/h1-2,4,7-8,11,15-16H,3,5H2,(H,17,18)(H,13,19,20)/t7-,8+,11+/m0/s1. The van der Waals surface area contributed by atoms with Crippen molar-refractivity contribution >= 4 is 12.0 Å². The Bertz CT molecular complexity index is 675. The minimum atomic E-state index is -1.25. The minimum Gasteiger partial charge on any atom is -0.478 e. The summed E-state index contributed by atoms with van der Waals surface area (Å²) in [6.07, 6.45) is 0.345. The van der Waals surface area contributed by atoms with Gasteiger partial charge in [-0.2, -0.15) is 0 Å². The van der Waals surface area contributed by atoms with Crippen molar-refractivity contribution in [3.63, 3.8) is 0 Å². The lowest BCUT2D eigenvalue weighted by molar-refractivity contribution is -0.131. The van der Waals surface area contributed by atoms with E-state index in [0.29, 0.717) is 0 Å². The molecule has 114 valence electrons. The van der Waals surface area contributed by atoms with E-state index in [0.717, 1.165) is 22.9 Å². The van der Waals surface area contributed by atoms with Gasteiger partial charge in [-0.05, 0) is 6.08 Å². The number of H-pyrrole nitrogens is 1. The summed E-state index contributed by atoms with van der Waals surface area (Å²) in [5.74, 6) is -1.25. The summed E-state index contributed by atoms with van der Waals surface area (Å²) < 4.78 is 6.27. The Morgan fingerprint density at radius 3 is 2.81 bits per heavy atom. The van der Waals surface area contributed by atoms with Crippen LogP contribution in [0.25, 0.3) is 6.08 Å². The monoisotopic (exact) mass is 298 g/mol. The summed E-state index contributed by atoms with van der Waals surface area (Å²) in [7, 11) is 0.